The molecular formula is C11H23N3O4S. The second-order valence-corrected chi connectivity index (χ2v) is 6.18. The van der Waals surface area contributed by atoms with E-state index in [2.05, 4.69) is 10.0 Å². The number of hydrogen-bond donors (Lipinski definition) is 2. The Bertz CT molecular complexity index is 377. The molecule has 19 heavy (non-hydrogen) atoms. The fourth-order valence-electron chi connectivity index (χ4n) is 1.99. The van der Waals surface area contributed by atoms with Crippen LogP contribution in [0.5, 0.6) is 0 Å². The molecule has 0 saturated carbocycles. The molecular weight excluding hydrogens is 270 g/mol. The Hall–Kier alpha value is -0.700. The van der Waals surface area contributed by atoms with E-state index >= 15 is 0 Å². The van der Waals surface area contributed by atoms with Crippen LogP contribution < -0.4 is 10.0 Å². The van der Waals surface area contributed by atoms with Crippen LogP contribution in [0.3, 0.4) is 0 Å². The summed E-state index contributed by atoms with van der Waals surface area (Å²) in [5, 5.41) is 2.87. The summed E-state index contributed by atoms with van der Waals surface area (Å²) in [6.07, 6.45) is 1.04. The van der Waals surface area contributed by atoms with Crippen LogP contribution in [0.25, 0.3) is 0 Å². The maximum Gasteiger partial charge on any atom is 0.309 e. The van der Waals surface area contributed by atoms with E-state index in [1.54, 1.807) is 14.0 Å². The summed E-state index contributed by atoms with van der Waals surface area (Å²) in [5.41, 5.74) is 0. The van der Waals surface area contributed by atoms with E-state index in [-0.39, 0.29) is 11.9 Å². The number of carbonyl (C=O) groups is 1. The van der Waals surface area contributed by atoms with Crippen molar-refractivity contribution < 1.29 is 17.9 Å². The second-order valence-electron chi connectivity index (χ2n) is 4.43. The molecule has 1 aliphatic heterocycles. The molecule has 1 fully saturated rings. The summed E-state index contributed by atoms with van der Waals surface area (Å²) >= 11 is 0. The van der Waals surface area contributed by atoms with Gasteiger partial charge in [0.25, 0.3) is 10.2 Å². The number of esters is 1. The normalized spacial score (nSPS) is 18.4. The molecule has 0 aromatic rings. The Labute approximate surface area is 114 Å². The van der Waals surface area contributed by atoms with Crippen LogP contribution in [0.15, 0.2) is 0 Å². The zero-order chi connectivity index (χ0) is 14.3. The van der Waals surface area contributed by atoms with Crippen molar-refractivity contribution in [1.29, 1.82) is 0 Å². The lowest BCUT2D eigenvalue weighted by Crippen LogP contribution is -2.47. The van der Waals surface area contributed by atoms with Gasteiger partial charge in [-0.25, -0.2) is 4.72 Å². The van der Waals surface area contributed by atoms with Crippen LogP contribution in [0.2, 0.25) is 0 Å². The number of likely N-dealkylation sites (N-methyl/N-ethyl adjacent to an activating group) is 1. The Balaban J connectivity index is 2.42. The standard InChI is InChI=1S/C11H23N3O4S/c1-3-18-11(15)10-4-8-14(9-5-10)19(16,17)13-7-6-12-2/h10,12-13H,3-9H2,1-2H3. The van der Waals surface area contributed by atoms with Gasteiger partial charge in [-0.15, -0.1) is 0 Å². The fraction of sp³-hybridized carbons (Fsp3) is 0.909. The smallest absolute Gasteiger partial charge is 0.309 e. The molecule has 7 nitrogen and oxygen atoms in total. The zero-order valence-corrected chi connectivity index (χ0v) is 12.3. The van der Waals surface area contributed by atoms with Gasteiger partial charge in [0, 0.05) is 26.2 Å². The van der Waals surface area contributed by atoms with Crippen LogP contribution in [0, 0.1) is 5.92 Å². The minimum atomic E-state index is -3.43. The number of ether oxygens (including phenoxy) is 1. The SMILES string of the molecule is CCOC(=O)C1CCN(S(=O)(=O)NCCNC)CC1. The lowest BCUT2D eigenvalue weighted by atomic mass is 9.98. The molecule has 2 N–H and O–H groups in total. The molecule has 112 valence electrons. The molecule has 0 amide bonds. The average Bonchev–Trinajstić information content (AvgIpc) is 2.39. The van der Waals surface area contributed by atoms with E-state index in [0.717, 1.165) is 0 Å². The number of piperidine rings is 1. The zero-order valence-electron chi connectivity index (χ0n) is 11.5. The molecule has 0 spiro atoms. The Morgan fingerprint density at radius 2 is 1.95 bits per heavy atom. The molecule has 8 heteroatoms. The van der Waals surface area contributed by atoms with Gasteiger partial charge in [0.15, 0.2) is 0 Å². The van der Waals surface area contributed by atoms with Gasteiger partial charge < -0.3 is 10.1 Å². The summed E-state index contributed by atoms with van der Waals surface area (Å²) in [6.45, 7) is 3.79. The van der Waals surface area contributed by atoms with Crippen molar-refractivity contribution in [3.8, 4) is 0 Å². The first kappa shape index (κ1) is 16.4. The highest BCUT2D eigenvalue weighted by Gasteiger charge is 2.31. The molecule has 0 unspecified atom stereocenters. The van der Waals surface area contributed by atoms with Gasteiger partial charge in [-0.3, -0.25) is 4.79 Å². The molecule has 0 atom stereocenters. The maximum absolute atomic E-state index is 11.9. The Kier molecular flexibility index (Phi) is 6.70. The highest BCUT2D eigenvalue weighted by molar-refractivity contribution is 7.87. The summed E-state index contributed by atoms with van der Waals surface area (Å²) in [7, 11) is -1.66. The van der Waals surface area contributed by atoms with Crippen molar-refractivity contribution in [2.24, 2.45) is 5.92 Å². The third-order valence-corrected chi connectivity index (χ3v) is 4.69. The Morgan fingerprint density at radius 3 is 2.47 bits per heavy atom. The van der Waals surface area contributed by atoms with Crippen LogP contribution in [-0.2, 0) is 19.7 Å². The Morgan fingerprint density at radius 1 is 1.32 bits per heavy atom. The van der Waals surface area contributed by atoms with E-state index in [9.17, 15) is 13.2 Å². The lowest BCUT2D eigenvalue weighted by molar-refractivity contribution is -0.149. The third-order valence-electron chi connectivity index (χ3n) is 3.07. The van der Waals surface area contributed by atoms with E-state index in [0.29, 0.717) is 45.6 Å². The first-order valence-corrected chi connectivity index (χ1v) is 8.01. The van der Waals surface area contributed by atoms with E-state index in [1.807, 2.05) is 0 Å². The van der Waals surface area contributed by atoms with Crippen molar-refractivity contribution in [3.05, 3.63) is 0 Å². The summed E-state index contributed by atoms with van der Waals surface area (Å²) in [4.78, 5) is 11.6. The van der Waals surface area contributed by atoms with Gasteiger partial charge in [0.2, 0.25) is 0 Å². The molecule has 1 heterocycles. The highest BCUT2D eigenvalue weighted by atomic mass is 32.2. The minimum absolute atomic E-state index is 0.177. The number of rotatable bonds is 7. The summed E-state index contributed by atoms with van der Waals surface area (Å²) in [5.74, 6) is -0.397. The molecule has 0 radical (unpaired) electrons. The molecule has 0 bridgehead atoms. The topological polar surface area (TPSA) is 87.7 Å². The lowest BCUT2D eigenvalue weighted by Gasteiger charge is -2.30. The van der Waals surface area contributed by atoms with Crippen LogP contribution >= 0.6 is 0 Å². The van der Waals surface area contributed by atoms with Crippen molar-refractivity contribution in [1.82, 2.24) is 14.3 Å². The van der Waals surface area contributed by atoms with Crippen molar-refractivity contribution in [2.75, 3.05) is 39.8 Å². The van der Waals surface area contributed by atoms with Gasteiger partial charge in [0.1, 0.15) is 0 Å². The molecule has 0 aliphatic carbocycles. The van der Waals surface area contributed by atoms with Crippen LogP contribution in [-0.4, -0.2) is 58.5 Å². The van der Waals surface area contributed by atoms with Crippen LogP contribution in [0.4, 0.5) is 0 Å². The monoisotopic (exact) mass is 293 g/mol. The summed E-state index contributed by atoms with van der Waals surface area (Å²) < 4.78 is 32.7. The predicted octanol–water partition coefficient (Wildman–Crippen LogP) is -0.685. The molecule has 1 rings (SSSR count). The minimum Gasteiger partial charge on any atom is -0.466 e. The number of carbonyl (C=O) groups excluding carboxylic acids is 1. The van der Waals surface area contributed by atoms with Gasteiger partial charge in [-0.05, 0) is 26.8 Å². The maximum atomic E-state index is 11.9. The van der Waals surface area contributed by atoms with Crippen LogP contribution in [0.1, 0.15) is 19.8 Å². The number of nitrogens with one attached hydrogen (secondary N) is 2. The first-order valence-electron chi connectivity index (χ1n) is 6.57. The van der Waals surface area contributed by atoms with Crippen molar-refractivity contribution in [3.63, 3.8) is 0 Å². The fourth-order valence-corrected chi connectivity index (χ4v) is 3.22. The molecule has 1 saturated heterocycles. The molecule has 0 aromatic heterocycles. The number of hydrogen-bond acceptors (Lipinski definition) is 5. The molecule has 0 aromatic carbocycles. The van der Waals surface area contributed by atoms with Gasteiger partial charge in [0.05, 0.1) is 12.5 Å². The van der Waals surface area contributed by atoms with Gasteiger partial charge in [-0.1, -0.05) is 0 Å². The van der Waals surface area contributed by atoms with Crippen molar-refractivity contribution >= 4 is 16.2 Å². The van der Waals surface area contributed by atoms with Gasteiger partial charge >= 0.3 is 5.97 Å². The first-order chi connectivity index (χ1) is 9.01. The van der Waals surface area contributed by atoms with Gasteiger partial charge in [-0.2, -0.15) is 12.7 Å². The van der Waals surface area contributed by atoms with E-state index in [4.69, 9.17) is 4.74 Å². The largest absolute Gasteiger partial charge is 0.466 e. The third kappa shape index (κ3) is 5.06. The highest BCUT2D eigenvalue weighted by Crippen LogP contribution is 2.20. The molecule has 1 aliphatic rings. The van der Waals surface area contributed by atoms with E-state index < -0.39 is 10.2 Å². The average molecular weight is 293 g/mol. The summed E-state index contributed by atoms with van der Waals surface area (Å²) in [6, 6.07) is 0. The second kappa shape index (κ2) is 7.78. The van der Waals surface area contributed by atoms with E-state index in [1.165, 1.54) is 4.31 Å². The quantitative estimate of drug-likeness (QED) is 0.479. The predicted molar refractivity (Wildman–Crippen MR) is 71.8 cm³/mol. The number of nitrogens with zero attached hydrogens (tertiary/aromatic N) is 1. The van der Waals surface area contributed by atoms with Crippen molar-refractivity contribution in [2.45, 2.75) is 19.8 Å².